The zero-order valence-corrected chi connectivity index (χ0v) is 10.8. The van der Waals surface area contributed by atoms with Crippen molar-refractivity contribution in [2.75, 3.05) is 11.3 Å². The lowest BCUT2D eigenvalue weighted by molar-refractivity contribution is -0.139. The van der Waals surface area contributed by atoms with E-state index in [0.717, 1.165) is 12.8 Å². The van der Waals surface area contributed by atoms with Gasteiger partial charge in [0.1, 0.15) is 5.75 Å². The molecule has 0 spiro atoms. The first kappa shape index (κ1) is 13.6. The third-order valence-corrected chi connectivity index (χ3v) is 3.51. The molecule has 0 unspecified atom stereocenters. The summed E-state index contributed by atoms with van der Waals surface area (Å²) in [5, 5.41) is 8.55. The van der Waals surface area contributed by atoms with E-state index in [1.807, 2.05) is 0 Å². The summed E-state index contributed by atoms with van der Waals surface area (Å²) >= 11 is 0. The van der Waals surface area contributed by atoms with Crippen molar-refractivity contribution in [3.63, 3.8) is 0 Å². The largest absolute Gasteiger partial charge is 0.480 e. The Morgan fingerprint density at radius 3 is 2.68 bits per heavy atom. The minimum Gasteiger partial charge on any atom is -0.480 e. The summed E-state index contributed by atoms with van der Waals surface area (Å²) in [4.78, 5) is 10.4. The second-order valence-electron chi connectivity index (χ2n) is 4.18. The van der Waals surface area contributed by atoms with Gasteiger partial charge < -0.3 is 9.84 Å². The minimum atomic E-state index is -3.66. The predicted octanol–water partition coefficient (Wildman–Crippen LogP) is 0.559. The van der Waals surface area contributed by atoms with Crippen molar-refractivity contribution in [3.8, 4) is 5.75 Å². The lowest BCUT2D eigenvalue weighted by Crippen LogP contribution is -2.31. The van der Waals surface area contributed by atoms with E-state index < -0.39 is 22.8 Å². The van der Waals surface area contributed by atoms with Crippen LogP contribution in [0.4, 0.5) is 5.69 Å². The first-order valence-electron chi connectivity index (χ1n) is 5.70. The molecule has 1 aliphatic rings. The molecule has 0 bridgehead atoms. The molecule has 7 nitrogen and oxygen atoms in total. The molecule has 1 saturated carbocycles. The number of carboxylic acids is 1. The lowest BCUT2D eigenvalue weighted by Gasteiger charge is -2.12. The van der Waals surface area contributed by atoms with Gasteiger partial charge >= 0.3 is 5.97 Å². The van der Waals surface area contributed by atoms with Crippen LogP contribution in [-0.4, -0.2) is 32.1 Å². The molecular formula is C11H14N2O5S. The van der Waals surface area contributed by atoms with Crippen LogP contribution in [0.2, 0.25) is 0 Å². The molecule has 8 heteroatoms. The molecule has 1 fully saturated rings. The molecule has 1 aromatic rings. The zero-order valence-electron chi connectivity index (χ0n) is 10.00. The van der Waals surface area contributed by atoms with Gasteiger partial charge in [-0.15, -0.1) is 0 Å². The second-order valence-corrected chi connectivity index (χ2v) is 5.62. The Morgan fingerprint density at radius 2 is 2.05 bits per heavy atom. The minimum absolute atomic E-state index is 0.00963. The molecule has 0 heterocycles. The summed E-state index contributed by atoms with van der Waals surface area (Å²) in [6.07, 6.45) is 1.66. The molecule has 104 valence electrons. The van der Waals surface area contributed by atoms with E-state index in [4.69, 9.17) is 9.84 Å². The Morgan fingerprint density at radius 1 is 1.37 bits per heavy atom. The number of hydrogen-bond acceptors (Lipinski definition) is 4. The quantitative estimate of drug-likeness (QED) is 0.679. The number of ether oxygens (including phenoxy) is 1. The van der Waals surface area contributed by atoms with E-state index in [2.05, 4.69) is 9.44 Å². The van der Waals surface area contributed by atoms with Crippen LogP contribution in [-0.2, 0) is 15.0 Å². The first-order valence-corrected chi connectivity index (χ1v) is 7.18. The number of para-hydroxylation sites is 2. The average Bonchev–Trinajstić information content (AvgIpc) is 3.10. The number of hydrogen-bond donors (Lipinski definition) is 3. The van der Waals surface area contributed by atoms with Gasteiger partial charge in [0.15, 0.2) is 6.61 Å². The molecule has 0 amide bonds. The molecule has 2 rings (SSSR count). The third kappa shape index (κ3) is 4.42. The first-order chi connectivity index (χ1) is 8.96. The van der Waals surface area contributed by atoms with E-state index in [1.165, 1.54) is 12.1 Å². The highest BCUT2D eigenvalue weighted by Crippen LogP contribution is 2.26. The van der Waals surface area contributed by atoms with Gasteiger partial charge in [-0.25, -0.2) is 4.79 Å². The van der Waals surface area contributed by atoms with Crippen LogP contribution >= 0.6 is 0 Å². The SMILES string of the molecule is O=C(O)COc1ccccc1NS(=O)(=O)NC1CC1. The average molecular weight is 286 g/mol. The molecule has 0 aliphatic heterocycles. The molecule has 0 aromatic heterocycles. The maximum Gasteiger partial charge on any atom is 0.341 e. The smallest absolute Gasteiger partial charge is 0.341 e. The summed E-state index contributed by atoms with van der Waals surface area (Å²) < 4.78 is 33.3. The fourth-order valence-corrected chi connectivity index (χ4v) is 2.60. The zero-order chi connectivity index (χ0) is 13.9. The van der Waals surface area contributed by atoms with Gasteiger partial charge in [-0.1, -0.05) is 12.1 Å². The van der Waals surface area contributed by atoms with Gasteiger partial charge in [-0.2, -0.15) is 13.1 Å². The summed E-state index contributed by atoms with van der Waals surface area (Å²) in [6.45, 7) is -0.533. The summed E-state index contributed by atoms with van der Waals surface area (Å²) in [5.41, 5.74) is 0.205. The van der Waals surface area contributed by atoms with Crippen LogP contribution < -0.4 is 14.2 Å². The molecule has 1 aliphatic carbocycles. The van der Waals surface area contributed by atoms with E-state index >= 15 is 0 Å². The number of nitrogens with one attached hydrogen (secondary N) is 2. The molecule has 3 N–H and O–H groups in total. The van der Waals surface area contributed by atoms with Gasteiger partial charge in [0.2, 0.25) is 0 Å². The monoisotopic (exact) mass is 286 g/mol. The normalized spacial score (nSPS) is 14.9. The summed E-state index contributed by atoms with van der Waals surface area (Å²) in [5.74, 6) is -0.958. The van der Waals surface area contributed by atoms with Crippen molar-refractivity contribution in [1.82, 2.24) is 4.72 Å². The Bertz CT molecular complexity index is 568. The van der Waals surface area contributed by atoms with Crippen molar-refractivity contribution in [1.29, 1.82) is 0 Å². The lowest BCUT2D eigenvalue weighted by atomic mass is 10.3. The van der Waals surface area contributed by atoms with Gasteiger partial charge in [0.25, 0.3) is 10.2 Å². The maximum absolute atomic E-state index is 11.7. The van der Waals surface area contributed by atoms with Gasteiger partial charge in [0.05, 0.1) is 5.69 Å². The second kappa shape index (κ2) is 5.45. The topological polar surface area (TPSA) is 105 Å². The molecule has 0 saturated heterocycles. The number of aliphatic carboxylic acids is 1. The Kier molecular flexibility index (Phi) is 3.91. The van der Waals surface area contributed by atoms with Crippen molar-refractivity contribution in [2.24, 2.45) is 0 Å². The third-order valence-electron chi connectivity index (χ3n) is 2.38. The number of rotatable bonds is 7. The Balaban J connectivity index is 2.08. The number of benzene rings is 1. The van der Waals surface area contributed by atoms with Crippen molar-refractivity contribution >= 4 is 21.9 Å². The van der Waals surface area contributed by atoms with Gasteiger partial charge in [-0.3, -0.25) is 4.72 Å². The standard InChI is InChI=1S/C11H14N2O5S/c14-11(15)7-18-10-4-2-1-3-9(10)13-19(16,17)12-8-5-6-8/h1-4,8,12-13H,5-7H2,(H,14,15). The highest BCUT2D eigenvalue weighted by molar-refractivity contribution is 7.90. The highest BCUT2D eigenvalue weighted by Gasteiger charge is 2.27. The fraction of sp³-hybridized carbons (Fsp3) is 0.364. The Labute approximate surface area is 110 Å². The van der Waals surface area contributed by atoms with Gasteiger partial charge in [0, 0.05) is 6.04 Å². The fourth-order valence-electron chi connectivity index (χ4n) is 1.41. The van der Waals surface area contributed by atoms with Crippen LogP contribution in [0.1, 0.15) is 12.8 Å². The predicted molar refractivity (Wildman–Crippen MR) is 68.3 cm³/mol. The summed E-state index contributed by atoms with van der Waals surface area (Å²) in [6, 6.07) is 6.25. The van der Waals surface area contributed by atoms with Crippen LogP contribution in [0.5, 0.6) is 5.75 Å². The van der Waals surface area contributed by atoms with Crippen LogP contribution in [0, 0.1) is 0 Å². The number of carboxylic acid groups (broad SMARTS) is 1. The number of anilines is 1. The number of carbonyl (C=O) groups is 1. The molecule has 0 radical (unpaired) electrons. The van der Waals surface area contributed by atoms with Crippen molar-refractivity contribution in [2.45, 2.75) is 18.9 Å². The van der Waals surface area contributed by atoms with E-state index in [0.29, 0.717) is 0 Å². The van der Waals surface area contributed by atoms with Crippen LogP contribution in [0.15, 0.2) is 24.3 Å². The Hall–Kier alpha value is -1.80. The van der Waals surface area contributed by atoms with Crippen molar-refractivity contribution < 1.29 is 23.1 Å². The van der Waals surface area contributed by atoms with E-state index in [-0.39, 0.29) is 17.5 Å². The summed E-state index contributed by atoms with van der Waals surface area (Å²) in [7, 11) is -3.66. The molecule has 1 aromatic carbocycles. The highest BCUT2D eigenvalue weighted by atomic mass is 32.2. The molecule has 19 heavy (non-hydrogen) atoms. The van der Waals surface area contributed by atoms with Crippen molar-refractivity contribution in [3.05, 3.63) is 24.3 Å². The molecular weight excluding hydrogens is 272 g/mol. The van der Waals surface area contributed by atoms with E-state index in [9.17, 15) is 13.2 Å². The molecule has 0 atom stereocenters. The van der Waals surface area contributed by atoms with Crippen LogP contribution in [0.25, 0.3) is 0 Å². The van der Waals surface area contributed by atoms with E-state index in [1.54, 1.807) is 12.1 Å². The maximum atomic E-state index is 11.7. The van der Waals surface area contributed by atoms with Gasteiger partial charge in [-0.05, 0) is 25.0 Å². The van der Waals surface area contributed by atoms with Crippen LogP contribution in [0.3, 0.4) is 0 Å².